The van der Waals surface area contributed by atoms with Crippen molar-refractivity contribution in [2.45, 2.75) is 47.5 Å². The van der Waals surface area contributed by atoms with E-state index in [4.69, 9.17) is 0 Å². The first-order valence-corrected chi connectivity index (χ1v) is 8.71. The summed E-state index contributed by atoms with van der Waals surface area (Å²) in [5, 5.41) is 0. The summed E-state index contributed by atoms with van der Waals surface area (Å²) >= 11 is 0. The van der Waals surface area contributed by atoms with Crippen molar-refractivity contribution >= 4 is 11.5 Å². The molecule has 0 saturated carbocycles. The standard InChI is InChI=1S/C20H23NO.C2H6.H2/c1-5-17-11-14(2)18(15(3)22)13-19(17)20(21-4)12-16-9-7-6-8-10-16;1-2;/h6-11,13H,5,12H2,1-4H3;1-2H3;1H. The highest BCUT2D eigenvalue weighted by atomic mass is 16.1. The highest BCUT2D eigenvalue weighted by Gasteiger charge is 2.14. The van der Waals surface area contributed by atoms with Gasteiger partial charge in [-0.3, -0.25) is 9.79 Å². The lowest BCUT2D eigenvalue weighted by molar-refractivity contribution is 0.101. The highest BCUT2D eigenvalue weighted by Crippen LogP contribution is 2.20. The maximum absolute atomic E-state index is 11.8. The van der Waals surface area contributed by atoms with Crippen molar-refractivity contribution in [3.63, 3.8) is 0 Å². The Hall–Kier alpha value is -2.22. The van der Waals surface area contributed by atoms with Gasteiger partial charge in [-0.15, -0.1) is 0 Å². The second kappa shape index (κ2) is 9.82. The minimum absolute atomic E-state index is 0. The van der Waals surface area contributed by atoms with Crippen LogP contribution in [0.3, 0.4) is 0 Å². The Labute approximate surface area is 148 Å². The summed E-state index contributed by atoms with van der Waals surface area (Å²) in [5.41, 5.74) is 6.45. The van der Waals surface area contributed by atoms with E-state index < -0.39 is 0 Å². The topological polar surface area (TPSA) is 29.4 Å². The first-order chi connectivity index (χ1) is 11.6. The Morgan fingerprint density at radius 1 is 1.08 bits per heavy atom. The molecule has 0 bridgehead atoms. The molecule has 0 unspecified atom stereocenters. The molecule has 0 atom stereocenters. The first kappa shape index (κ1) is 19.8. The van der Waals surface area contributed by atoms with E-state index in [0.717, 1.165) is 35.2 Å². The monoisotopic (exact) mass is 325 g/mol. The summed E-state index contributed by atoms with van der Waals surface area (Å²) < 4.78 is 0. The fraction of sp³-hybridized carbons (Fsp3) is 0.364. The van der Waals surface area contributed by atoms with Gasteiger partial charge in [0.15, 0.2) is 5.78 Å². The average molecular weight is 325 g/mol. The molecule has 2 heteroatoms. The molecule has 2 nitrogen and oxygen atoms in total. The minimum atomic E-state index is 0. The Kier molecular flexibility index (Phi) is 8.11. The van der Waals surface area contributed by atoms with Crippen LogP contribution in [-0.2, 0) is 12.8 Å². The van der Waals surface area contributed by atoms with Crippen LogP contribution in [0.4, 0.5) is 0 Å². The van der Waals surface area contributed by atoms with Crippen molar-refractivity contribution in [1.82, 2.24) is 0 Å². The lowest BCUT2D eigenvalue weighted by Gasteiger charge is -2.14. The van der Waals surface area contributed by atoms with Gasteiger partial charge in [0, 0.05) is 26.2 Å². The Morgan fingerprint density at radius 2 is 1.71 bits per heavy atom. The van der Waals surface area contributed by atoms with Crippen molar-refractivity contribution in [2.75, 3.05) is 7.05 Å². The molecule has 0 aliphatic heterocycles. The lowest BCUT2D eigenvalue weighted by atomic mass is 9.91. The van der Waals surface area contributed by atoms with Gasteiger partial charge in [-0.2, -0.15) is 0 Å². The van der Waals surface area contributed by atoms with E-state index in [2.05, 4.69) is 30.1 Å². The molecule has 0 aromatic heterocycles. The second-order valence-corrected chi connectivity index (χ2v) is 5.57. The SMILES string of the molecule is CC.CCc1cc(C)c(C(C)=O)cc1C(Cc1ccccc1)=NC.[HH]. The molecule has 0 aliphatic carbocycles. The van der Waals surface area contributed by atoms with E-state index in [9.17, 15) is 4.79 Å². The minimum Gasteiger partial charge on any atom is -0.295 e. The predicted molar refractivity (Wildman–Crippen MR) is 107 cm³/mol. The number of nitrogens with zero attached hydrogens (tertiary/aromatic N) is 1. The van der Waals surface area contributed by atoms with E-state index in [1.165, 1.54) is 11.1 Å². The normalized spacial score (nSPS) is 10.8. The maximum Gasteiger partial charge on any atom is 0.160 e. The van der Waals surface area contributed by atoms with Crippen LogP contribution in [0, 0.1) is 6.92 Å². The quantitative estimate of drug-likeness (QED) is 0.512. The third kappa shape index (κ3) is 4.89. The zero-order valence-electron chi connectivity index (χ0n) is 15.8. The van der Waals surface area contributed by atoms with Crippen molar-refractivity contribution in [3.8, 4) is 0 Å². The number of carbonyl (C=O) groups is 1. The lowest BCUT2D eigenvalue weighted by Crippen LogP contribution is -2.11. The van der Waals surface area contributed by atoms with E-state index in [1.807, 2.05) is 52.1 Å². The summed E-state index contributed by atoms with van der Waals surface area (Å²) in [6.45, 7) is 9.76. The van der Waals surface area contributed by atoms with Crippen LogP contribution in [-0.4, -0.2) is 18.5 Å². The molecular weight excluding hydrogens is 294 g/mol. The molecule has 2 aromatic rings. The summed E-state index contributed by atoms with van der Waals surface area (Å²) in [5.74, 6) is 0.108. The van der Waals surface area contributed by atoms with Crippen LogP contribution in [0.1, 0.15) is 61.7 Å². The van der Waals surface area contributed by atoms with Gasteiger partial charge in [-0.1, -0.05) is 57.2 Å². The van der Waals surface area contributed by atoms with Crippen molar-refractivity contribution in [1.29, 1.82) is 0 Å². The molecule has 24 heavy (non-hydrogen) atoms. The molecule has 0 amide bonds. The van der Waals surface area contributed by atoms with Crippen LogP contribution < -0.4 is 0 Å². The fourth-order valence-electron chi connectivity index (χ4n) is 2.79. The number of hydrogen-bond acceptors (Lipinski definition) is 2. The number of carbonyl (C=O) groups excluding carboxylic acids is 1. The third-order valence-electron chi connectivity index (χ3n) is 4.01. The van der Waals surface area contributed by atoms with Gasteiger partial charge >= 0.3 is 0 Å². The molecule has 0 N–H and O–H groups in total. The molecule has 0 heterocycles. The van der Waals surface area contributed by atoms with E-state index in [0.29, 0.717) is 0 Å². The Morgan fingerprint density at radius 3 is 2.21 bits per heavy atom. The van der Waals surface area contributed by atoms with E-state index in [-0.39, 0.29) is 7.21 Å². The average Bonchev–Trinajstić information content (AvgIpc) is 2.62. The third-order valence-corrected chi connectivity index (χ3v) is 4.01. The number of aliphatic imine (C=N–C) groups is 1. The summed E-state index contributed by atoms with van der Waals surface area (Å²) in [4.78, 5) is 16.3. The number of Topliss-reactive ketones (excluding diaryl/α,β-unsaturated/α-hetero) is 1. The molecule has 0 radical (unpaired) electrons. The number of rotatable bonds is 5. The first-order valence-electron chi connectivity index (χ1n) is 8.71. The number of ketones is 1. The van der Waals surface area contributed by atoms with Gasteiger partial charge in [0.25, 0.3) is 0 Å². The van der Waals surface area contributed by atoms with E-state index in [1.54, 1.807) is 6.92 Å². The summed E-state index contributed by atoms with van der Waals surface area (Å²) in [7, 11) is 1.82. The largest absolute Gasteiger partial charge is 0.295 e. The summed E-state index contributed by atoms with van der Waals surface area (Å²) in [6.07, 6.45) is 1.72. The molecule has 2 aromatic carbocycles. The fourth-order valence-corrected chi connectivity index (χ4v) is 2.79. The molecule has 0 saturated heterocycles. The zero-order chi connectivity index (χ0) is 18.1. The molecule has 0 aliphatic rings. The van der Waals surface area contributed by atoms with Crippen LogP contribution in [0.15, 0.2) is 47.5 Å². The van der Waals surface area contributed by atoms with Crippen molar-refractivity contribution in [3.05, 3.63) is 70.3 Å². The zero-order valence-corrected chi connectivity index (χ0v) is 15.8. The van der Waals surface area contributed by atoms with Crippen LogP contribution in [0.25, 0.3) is 0 Å². The molecule has 130 valence electrons. The van der Waals surface area contributed by atoms with Crippen LogP contribution in [0.5, 0.6) is 0 Å². The van der Waals surface area contributed by atoms with Gasteiger partial charge in [0.05, 0.1) is 0 Å². The van der Waals surface area contributed by atoms with Crippen LogP contribution in [0.2, 0.25) is 0 Å². The molecule has 0 fully saturated rings. The van der Waals surface area contributed by atoms with Gasteiger partial charge < -0.3 is 0 Å². The molecule has 0 spiro atoms. The van der Waals surface area contributed by atoms with Crippen molar-refractivity contribution in [2.24, 2.45) is 4.99 Å². The van der Waals surface area contributed by atoms with E-state index >= 15 is 0 Å². The van der Waals surface area contributed by atoms with Gasteiger partial charge in [-0.25, -0.2) is 0 Å². The van der Waals surface area contributed by atoms with Gasteiger partial charge in [0.1, 0.15) is 0 Å². The van der Waals surface area contributed by atoms with Gasteiger partial charge in [0.2, 0.25) is 0 Å². The van der Waals surface area contributed by atoms with Crippen LogP contribution >= 0.6 is 0 Å². The summed E-state index contributed by atoms with van der Waals surface area (Å²) in [6, 6.07) is 14.5. The smallest absolute Gasteiger partial charge is 0.160 e. The van der Waals surface area contributed by atoms with Gasteiger partial charge in [-0.05, 0) is 48.6 Å². The Balaban J connectivity index is 0.00000185. The number of aryl methyl sites for hydroxylation is 2. The Bertz CT molecular complexity index is 705. The molecule has 2 rings (SSSR count). The number of benzene rings is 2. The molecular formula is C22H31NO. The second-order valence-electron chi connectivity index (χ2n) is 5.57. The maximum atomic E-state index is 11.8. The van der Waals surface area contributed by atoms with Crippen molar-refractivity contribution < 1.29 is 6.22 Å². The highest BCUT2D eigenvalue weighted by molar-refractivity contribution is 6.06. The predicted octanol–water partition coefficient (Wildman–Crippen LogP) is 5.69. The number of hydrogen-bond donors (Lipinski definition) is 0.